The summed E-state index contributed by atoms with van der Waals surface area (Å²) < 4.78 is 9.66. The van der Waals surface area contributed by atoms with Crippen LogP contribution in [0.5, 0.6) is 0 Å². The molecule has 4 saturated carbocycles. The van der Waals surface area contributed by atoms with Crippen LogP contribution < -0.4 is 15.5 Å². The van der Waals surface area contributed by atoms with Crippen LogP contribution in [-0.2, 0) is 17.7 Å². The molecule has 0 spiro atoms. The Morgan fingerprint density at radius 1 is 1.06 bits per heavy atom. The fraction of sp³-hybridized carbons (Fsp3) is 0.632. The highest BCUT2D eigenvalue weighted by atomic mass is 127. The summed E-state index contributed by atoms with van der Waals surface area (Å²) in [6.07, 6.45) is 11.0. The quantitative estimate of drug-likeness (QED) is 0.0520. The van der Waals surface area contributed by atoms with E-state index < -0.39 is 5.97 Å². The molecule has 4 N–H and O–H groups in total. The maximum absolute atomic E-state index is 12.8. The number of nitrogens with zero attached hydrogens (tertiary/aromatic N) is 7. The van der Waals surface area contributed by atoms with Crippen LogP contribution in [0, 0.1) is 30.1 Å². The molecule has 4 atom stereocenters. The van der Waals surface area contributed by atoms with Crippen molar-refractivity contribution in [3.63, 3.8) is 0 Å². The first-order valence-corrected chi connectivity index (χ1v) is 19.6. The van der Waals surface area contributed by atoms with E-state index in [9.17, 15) is 9.90 Å². The minimum absolute atomic E-state index is 0.00118. The molecular weight excluding hydrogens is 773 g/mol. The predicted molar refractivity (Wildman–Crippen MR) is 210 cm³/mol. The Labute approximate surface area is 319 Å². The Kier molecular flexibility index (Phi) is 10.1. The number of hydrogen-bond acceptors (Lipinski definition) is 10. The molecule has 2 unspecified atom stereocenters. The smallest absolute Gasteiger partial charge is 0.355 e. The van der Waals surface area contributed by atoms with E-state index >= 15 is 0 Å². The van der Waals surface area contributed by atoms with Crippen LogP contribution in [0.15, 0.2) is 23.3 Å². The van der Waals surface area contributed by atoms with Crippen LogP contribution in [0.25, 0.3) is 11.1 Å². The van der Waals surface area contributed by atoms with E-state index in [2.05, 4.69) is 66.9 Å². The molecular formula is C38H52IN9O4. The fourth-order valence-corrected chi connectivity index (χ4v) is 11.3. The molecule has 13 nitrogen and oxygen atoms in total. The van der Waals surface area contributed by atoms with Gasteiger partial charge in [-0.1, -0.05) is 13.8 Å². The zero-order valence-corrected chi connectivity index (χ0v) is 33.2. The van der Waals surface area contributed by atoms with Gasteiger partial charge in [-0.05, 0) is 129 Å². The van der Waals surface area contributed by atoms with Crippen LogP contribution in [0.1, 0.15) is 92.5 Å². The number of aromatic carboxylic acids is 1. The number of anilines is 3. The van der Waals surface area contributed by atoms with Crippen LogP contribution in [0.3, 0.4) is 0 Å². The lowest BCUT2D eigenvalue weighted by atomic mass is 9.39. The number of pyridine rings is 1. The zero-order chi connectivity index (χ0) is 36.9. The molecule has 0 aromatic carbocycles. The molecule has 14 heteroatoms. The summed E-state index contributed by atoms with van der Waals surface area (Å²) in [5.74, 6) is 0.828. The van der Waals surface area contributed by atoms with Crippen molar-refractivity contribution in [1.82, 2.24) is 30.3 Å². The topological polar surface area (TPSA) is 163 Å². The van der Waals surface area contributed by atoms with Gasteiger partial charge < -0.3 is 30.5 Å². The Morgan fingerprint density at radius 2 is 1.83 bits per heavy atom. The van der Waals surface area contributed by atoms with E-state index in [4.69, 9.17) is 19.9 Å². The van der Waals surface area contributed by atoms with Crippen molar-refractivity contribution in [2.24, 2.45) is 21.2 Å². The van der Waals surface area contributed by atoms with Crippen LogP contribution in [0.2, 0.25) is 0 Å². The third-order valence-corrected chi connectivity index (χ3v) is 12.6. The second-order valence-corrected chi connectivity index (χ2v) is 17.6. The van der Waals surface area contributed by atoms with Gasteiger partial charge in [0.2, 0.25) is 0 Å². The largest absolute Gasteiger partial charge is 0.476 e. The third-order valence-electron chi connectivity index (χ3n) is 11.9. The van der Waals surface area contributed by atoms with Crippen molar-refractivity contribution in [2.45, 2.75) is 97.6 Å². The molecule has 1 aliphatic heterocycles. The second kappa shape index (κ2) is 14.2. The van der Waals surface area contributed by atoms with E-state index in [0.717, 1.165) is 97.2 Å². The molecule has 0 saturated heterocycles. The average Bonchev–Trinajstić information content (AvgIpc) is 3.43. The molecule has 4 aliphatic carbocycles. The number of amidine groups is 1. The van der Waals surface area contributed by atoms with E-state index in [-0.39, 0.29) is 34.1 Å². The number of aromatic nitrogens is 5. The van der Waals surface area contributed by atoms with E-state index in [0.29, 0.717) is 36.2 Å². The zero-order valence-electron chi connectivity index (χ0n) is 31.1. The van der Waals surface area contributed by atoms with E-state index in [1.54, 1.807) is 7.05 Å². The highest BCUT2D eigenvalue weighted by molar-refractivity contribution is 14.1. The lowest BCUT2D eigenvalue weighted by Gasteiger charge is -2.69. The standard InChI is InChI=1S/C38H52IN9O4/c1-24-26-8-6-13-47(32(26)46-45-31(24)44-34(39)40-5)29-10-9-27(30(43-29)33(50)51)28-16-42-48(25(28)2)23-37-18-35(3)17-36(4,19-37)21-38(20-35,22-37)52-15-12-41-11-7-14-49/h9-10,16,41,49H,6-8,11-15,17-23H2,1-5H3,(H,50,51)(H,40,44,45)/t35-,36+,37?,38?. The van der Waals surface area contributed by atoms with Gasteiger partial charge in [0.1, 0.15) is 5.82 Å². The van der Waals surface area contributed by atoms with Gasteiger partial charge in [0, 0.05) is 61.2 Å². The molecule has 0 radical (unpaired) electrons. The minimum atomic E-state index is -1.08. The van der Waals surface area contributed by atoms with Gasteiger partial charge >= 0.3 is 5.97 Å². The molecule has 8 rings (SSSR count). The Balaban J connectivity index is 1.14. The van der Waals surface area contributed by atoms with Gasteiger partial charge in [-0.15, -0.1) is 10.2 Å². The lowest BCUT2D eigenvalue weighted by Crippen LogP contribution is -2.64. The summed E-state index contributed by atoms with van der Waals surface area (Å²) in [6.45, 7) is 12.9. The number of carbonyl (C=O) groups is 1. The van der Waals surface area contributed by atoms with Crippen molar-refractivity contribution in [2.75, 3.05) is 50.1 Å². The lowest BCUT2D eigenvalue weighted by molar-refractivity contribution is -0.247. The van der Waals surface area contributed by atoms with Crippen molar-refractivity contribution in [3.8, 4) is 11.1 Å². The number of fused-ring (bicyclic) bond motifs is 1. The molecule has 4 fully saturated rings. The molecule has 3 aromatic heterocycles. The van der Waals surface area contributed by atoms with Gasteiger partial charge in [0.05, 0.1) is 18.4 Å². The van der Waals surface area contributed by atoms with Crippen molar-refractivity contribution in [3.05, 3.63) is 40.8 Å². The number of halogens is 1. The van der Waals surface area contributed by atoms with Gasteiger partial charge in [-0.25, -0.2) is 9.78 Å². The summed E-state index contributed by atoms with van der Waals surface area (Å²) in [5.41, 5.74) is 4.69. The first-order chi connectivity index (χ1) is 24.8. The summed E-state index contributed by atoms with van der Waals surface area (Å²) in [6, 6.07) is 3.76. The van der Waals surface area contributed by atoms with Crippen molar-refractivity contribution < 1.29 is 19.7 Å². The number of rotatable bonds is 13. The summed E-state index contributed by atoms with van der Waals surface area (Å²) in [7, 11) is 1.72. The number of aliphatic hydroxyl groups excluding tert-OH is 1. The SMILES string of the molecule is CN=C(I)Nc1nnc2c(c1C)CCCN2c1ccc(-c2cnn(CC34CC5(OCCNCCCO)C[C@](C)(C3)C[C@](C)(C4)C5)c2C)c(C(=O)O)n1. The summed E-state index contributed by atoms with van der Waals surface area (Å²) >= 11 is 2.12. The van der Waals surface area contributed by atoms with Crippen LogP contribution >= 0.6 is 22.6 Å². The molecule has 0 amide bonds. The summed E-state index contributed by atoms with van der Waals surface area (Å²) in [4.78, 5) is 23.7. The van der Waals surface area contributed by atoms with Crippen LogP contribution in [-0.4, -0.2) is 90.5 Å². The molecule has 5 aliphatic rings. The van der Waals surface area contributed by atoms with Crippen LogP contribution in [0.4, 0.5) is 17.5 Å². The molecule has 4 bridgehead atoms. The average molecular weight is 826 g/mol. The Morgan fingerprint density at radius 3 is 2.54 bits per heavy atom. The normalized spacial score (nSPS) is 28.0. The van der Waals surface area contributed by atoms with E-state index in [1.165, 1.54) is 6.42 Å². The number of aliphatic imine (C=N–C) groups is 1. The maximum Gasteiger partial charge on any atom is 0.355 e. The monoisotopic (exact) mass is 825 g/mol. The van der Waals surface area contributed by atoms with Gasteiger partial charge in [0.25, 0.3) is 0 Å². The predicted octanol–water partition coefficient (Wildman–Crippen LogP) is 6.07. The Hall–Kier alpha value is -3.21. The Bertz CT molecular complexity index is 1860. The first-order valence-electron chi connectivity index (χ1n) is 18.6. The number of ether oxygens (including phenoxy) is 1. The first kappa shape index (κ1) is 37.1. The fourth-order valence-electron chi connectivity index (χ4n) is 11.1. The van der Waals surface area contributed by atoms with Gasteiger partial charge in [0.15, 0.2) is 21.2 Å². The number of aliphatic hydroxyl groups is 1. The highest BCUT2D eigenvalue weighted by Gasteiger charge is 2.66. The maximum atomic E-state index is 12.8. The molecule has 3 aromatic rings. The van der Waals surface area contributed by atoms with Crippen molar-refractivity contribution >= 4 is 49.9 Å². The number of hydrogen-bond donors (Lipinski definition) is 4. The van der Waals surface area contributed by atoms with Crippen molar-refractivity contribution in [1.29, 1.82) is 0 Å². The number of carboxylic acid groups (broad SMARTS) is 1. The second-order valence-electron chi connectivity index (χ2n) is 16.6. The minimum Gasteiger partial charge on any atom is -0.476 e. The number of carboxylic acids is 1. The van der Waals surface area contributed by atoms with E-state index in [1.807, 2.05) is 37.1 Å². The molecule has 280 valence electrons. The number of nitrogens with one attached hydrogen (secondary N) is 2. The van der Waals surface area contributed by atoms with Gasteiger partial charge in [-0.3, -0.25) is 9.67 Å². The third kappa shape index (κ3) is 7.07. The molecule has 4 heterocycles. The summed E-state index contributed by atoms with van der Waals surface area (Å²) in [5, 5.41) is 40.1. The molecule has 52 heavy (non-hydrogen) atoms. The highest BCUT2D eigenvalue weighted by Crippen LogP contribution is 2.72. The van der Waals surface area contributed by atoms with Gasteiger partial charge in [-0.2, -0.15) is 5.10 Å².